The summed E-state index contributed by atoms with van der Waals surface area (Å²) in [6.45, 7) is 2.17. The van der Waals surface area contributed by atoms with Crippen LogP contribution in [0.3, 0.4) is 0 Å². The number of aromatic nitrogens is 2. The van der Waals surface area contributed by atoms with Gasteiger partial charge in [-0.25, -0.2) is 15.8 Å². The first-order valence-electron chi connectivity index (χ1n) is 5.98. The van der Waals surface area contributed by atoms with Gasteiger partial charge >= 0.3 is 0 Å². The lowest BCUT2D eigenvalue weighted by molar-refractivity contribution is 0.0947. The molecule has 0 aliphatic rings. The number of rotatable bonds is 5. The average Bonchev–Trinajstić information content (AvgIpc) is 2.92. The summed E-state index contributed by atoms with van der Waals surface area (Å²) in [4.78, 5) is 20.2. The number of halogens is 1. The molecule has 7 nitrogen and oxygen atoms in total. The number of nitrogens with zero attached hydrogens (tertiary/aromatic N) is 2. The van der Waals surface area contributed by atoms with E-state index in [1.165, 1.54) is 0 Å². The number of hydrogen-bond donors (Lipinski definition) is 3. The van der Waals surface area contributed by atoms with Gasteiger partial charge < -0.3 is 15.2 Å². The molecule has 0 aliphatic heterocycles. The number of nitrogen functional groups attached to an aromatic ring is 1. The number of hydrazine groups is 1. The Morgan fingerprint density at radius 1 is 1.45 bits per heavy atom. The molecule has 20 heavy (non-hydrogen) atoms. The van der Waals surface area contributed by atoms with E-state index < -0.39 is 0 Å². The molecule has 106 valence electrons. The van der Waals surface area contributed by atoms with Crippen LogP contribution in [-0.4, -0.2) is 15.9 Å². The van der Waals surface area contributed by atoms with Gasteiger partial charge in [0.25, 0.3) is 5.91 Å². The van der Waals surface area contributed by atoms with Crippen molar-refractivity contribution in [2.75, 3.05) is 5.43 Å². The summed E-state index contributed by atoms with van der Waals surface area (Å²) in [5, 5.41) is 2.70. The van der Waals surface area contributed by atoms with Gasteiger partial charge in [-0.15, -0.1) is 0 Å². The van der Waals surface area contributed by atoms with Crippen molar-refractivity contribution in [2.24, 2.45) is 5.84 Å². The van der Waals surface area contributed by atoms with E-state index in [1.54, 1.807) is 18.5 Å². The lowest BCUT2D eigenvalue weighted by Gasteiger charge is -2.08. The first-order chi connectivity index (χ1) is 9.63. The molecule has 0 bridgehead atoms. The van der Waals surface area contributed by atoms with Crippen molar-refractivity contribution in [3.05, 3.63) is 40.1 Å². The third-order valence-corrected chi connectivity index (χ3v) is 3.02. The lowest BCUT2D eigenvalue weighted by Crippen LogP contribution is -2.25. The maximum absolute atomic E-state index is 12.1. The molecule has 2 aromatic heterocycles. The monoisotopic (exact) mass is 339 g/mol. The summed E-state index contributed by atoms with van der Waals surface area (Å²) in [5.74, 6) is 6.55. The van der Waals surface area contributed by atoms with E-state index in [1.807, 2.05) is 6.92 Å². The van der Waals surface area contributed by atoms with E-state index in [0.29, 0.717) is 21.7 Å². The number of hydrogen-bond acceptors (Lipinski definition) is 6. The van der Waals surface area contributed by atoms with Gasteiger partial charge in [0, 0.05) is 17.1 Å². The second-order valence-corrected chi connectivity index (χ2v) is 4.87. The Morgan fingerprint density at radius 3 is 2.90 bits per heavy atom. The van der Waals surface area contributed by atoms with Crippen LogP contribution in [-0.2, 0) is 13.0 Å². The van der Waals surface area contributed by atoms with E-state index in [4.69, 9.17) is 10.3 Å². The minimum absolute atomic E-state index is 0.204. The zero-order valence-corrected chi connectivity index (χ0v) is 12.4. The van der Waals surface area contributed by atoms with Crippen LogP contribution in [0.4, 0.5) is 5.82 Å². The molecule has 0 saturated heterocycles. The first kappa shape index (κ1) is 14.5. The van der Waals surface area contributed by atoms with E-state index in [-0.39, 0.29) is 12.5 Å². The Morgan fingerprint density at radius 2 is 2.25 bits per heavy atom. The number of anilines is 1. The third kappa shape index (κ3) is 3.34. The van der Waals surface area contributed by atoms with Gasteiger partial charge in [-0.1, -0.05) is 6.92 Å². The van der Waals surface area contributed by atoms with Crippen molar-refractivity contribution < 1.29 is 9.21 Å². The molecule has 0 fully saturated rings. The normalized spacial score (nSPS) is 10.3. The maximum atomic E-state index is 12.1. The highest BCUT2D eigenvalue weighted by atomic mass is 79.9. The molecule has 0 radical (unpaired) electrons. The van der Waals surface area contributed by atoms with Crippen LogP contribution in [0.5, 0.6) is 0 Å². The van der Waals surface area contributed by atoms with E-state index >= 15 is 0 Å². The topological polar surface area (TPSA) is 106 Å². The molecule has 2 rings (SSSR count). The van der Waals surface area contributed by atoms with Gasteiger partial charge in [0.05, 0.1) is 18.3 Å². The van der Waals surface area contributed by atoms with Crippen molar-refractivity contribution >= 4 is 27.7 Å². The zero-order valence-electron chi connectivity index (χ0n) is 10.8. The number of oxazole rings is 1. The van der Waals surface area contributed by atoms with Gasteiger partial charge in [-0.2, -0.15) is 0 Å². The van der Waals surface area contributed by atoms with Gasteiger partial charge in [0.15, 0.2) is 5.82 Å². The van der Waals surface area contributed by atoms with Gasteiger partial charge in [0.1, 0.15) is 5.76 Å². The van der Waals surface area contributed by atoms with E-state index in [2.05, 4.69) is 36.6 Å². The summed E-state index contributed by atoms with van der Waals surface area (Å²) in [5.41, 5.74) is 2.72. The molecule has 0 atom stereocenters. The standard InChI is InChI=1S/C12H14BrN5O2/c1-2-8-5-15-10(20-8)6-17-12(19)9-3-7(13)4-16-11(9)18-14/h3-5H,2,6,14H2,1H3,(H,16,18)(H,17,19). The SMILES string of the molecule is CCc1cnc(CNC(=O)c2cc(Br)cnc2NN)o1. The molecule has 8 heteroatoms. The van der Waals surface area contributed by atoms with Crippen LogP contribution >= 0.6 is 15.9 Å². The minimum atomic E-state index is -0.317. The zero-order chi connectivity index (χ0) is 14.5. The quantitative estimate of drug-likeness (QED) is 0.564. The molecule has 2 aromatic rings. The number of carbonyl (C=O) groups is 1. The number of carbonyl (C=O) groups excluding carboxylic acids is 1. The number of amides is 1. The molecule has 1 amide bonds. The van der Waals surface area contributed by atoms with Gasteiger partial charge in [-0.3, -0.25) is 4.79 Å². The van der Waals surface area contributed by atoms with Gasteiger partial charge in [0.2, 0.25) is 5.89 Å². The maximum Gasteiger partial charge on any atom is 0.255 e. The Hall–Kier alpha value is -1.93. The average molecular weight is 340 g/mol. The summed E-state index contributed by atoms with van der Waals surface area (Å²) < 4.78 is 6.09. The van der Waals surface area contributed by atoms with Crippen molar-refractivity contribution in [3.63, 3.8) is 0 Å². The summed E-state index contributed by atoms with van der Waals surface area (Å²) in [6.07, 6.45) is 3.96. The number of aryl methyl sites for hydroxylation is 1. The molecule has 2 heterocycles. The molecule has 0 spiro atoms. The van der Waals surface area contributed by atoms with Crippen LogP contribution in [0.25, 0.3) is 0 Å². The predicted octanol–water partition coefficient (Wildman–Crippen LogP) is 1.61. The Kier molecular flexibility index (Phi) is 4.70. The summed E-state index contributed by atoms with van der Waals surface area (Å²) in [6, 6.07) is 1.63. The Labute approximate surface area is 124 Å². The van der Waals surface area contributed by atoms with E-state index in [0.717, 1.165) is 12.2 Å². The predicted molar refractivity (Wildman–Crippen MR) is 76.8 cm³/mol. The number of nitrogens with one attached hydrogen (secondary N) is 2. The molecule has 4 N–H and O–H groups in total. The largest absolute Gasteiger partial charge is 0.444 e. The van der Waals surface area contributed by atoms with Crippen molar-refractivity contribution in [3.8, 4) is 0 Å². The van der Waals surface area contributed by atoms with Crippen LogP contribution in [0.2, 0.25) is 0 Å². The molecule has 0 aliphatic carbocycles. The summed E-state index contributed by atoms with van der Waals surface area (Å²) in [7, 11) is 0. The van der Waals surface area contributed by atoms with E-state index in [9.17, 15) is 4.79 Å². The fraction of sp³-hybridized carbons (Fsp3) is 0.250. The second kappa shape index (κ2) is 6.49. The number of nitrogens with two attached hydrogens (primary N) is 1. The highest BCUT2D eigenvalue weighted by Crippen LogP contribution is 2.17. The highest BCUT2D eigenvalue weighted by Gasteiger charge is 2.13. The van der Waals surface area contributed by atoms with Crippen LogP contribution in [0.15, 0.2) is 27.3 Å². The molecular weight excluding hydrogens is 326 g/mol. The Balaban J connectivity index is 2.06. The van der Waals surface area contributed by atoms with Crippen LogP contribution < -0.4 is 16.6 Å². The smallest absolute Gasteiger partial charge is 0.255 e. The number of pyridine rings is 1. The Bertz CT molecular complexity index is 614. The highest BCUT2D eigenvalue weighted by molar-refractivity contribution is 9.10. The second-order valence-electron chi connectivity index (χ2n) is 3.95. The molecule has 0 saturated carbocycles. The van der Waals surface area contributed by atoms with Crippen molar-refractivity contribution in [1.82, 2.24) is 15.3 Å². The lowest BCUT2D eigenvalue weighted by atomic mass is 10.2. The molecule has 0 aromatic carbocycles. The first-order valence-corrected chi connectivity index (χ1v) is 6.77. The fourth-order valence-electron chi connectivity index (χ4n) is 1.57. The third-order valence-electron chi connectivity index (χ3n) is 2.59. The fourth-order valence-corrected chi connectivity index (χ4v) is 1.90. The van der Waals surface area contributed by atoms with Gasteiger partial charge in [-0.05, 0) is 22.0 Å². The minimum Gasteiger partial charge on any atom is -0.444 e. The van der Waals surface area contributed by atoms with Crippen LogP contribution in [0.1, 0.15) is 28.9 Å². The molecular formula is C12H14BrN5O2. The van der Waals surface area contributed by atoms with Crippen molar-refractivity contribution in [1.29, 1.82) is 0 Å². The van der Waals surface area contributed by atoms with Crippen molar-refractivity contribution in [2.45, 2.75) is 19.9 Å². The molecule has 0 unspecified atom stereocenters. The summed E-state index contributed by atoms with van der Waals surface area (Å²) >= 11 is 3.26. The van der Waals surface area contributed by atoms with Crippen LogP contribution in [0, 0.1) is 0 Å².